The Morgan fingerprint density at radius 3 is 2.65 bits per heavy atom. The van der Waals surface area contributed by atoms with Crippen LogP contribution in [0.25, 0.3) is 0 Å². The standard InChI is InChI=1S/C16H22ClN3O3/c1-2-3-15(21)18-12-4-5-13(17)14(10-12)19-16(22)11-20-6-8-23-9-7-20/h4-5,10H,2-3,6-9,11H2,1H3,(H,18,21)(H,19,22). The van der Waals surface area contributed by atoms with Crippen molar-refractivity contribution in [1.29, 1.82) is 0 Å². The maximum absolute atomic E-state index is 12.1. The molecule has 1 aliphatic rings. The second-order valence-electron chi connectivity index (χ2n) is 5.43. The predicted molar refractivity (Wildman–Crippen MR) is 90.9 cm³/mol. The van der Waals surface area contributed by atoms with Crippen LogP contribution in [-0.4, -0.2) is 49.6 Å². The summed E-state index contributed by atoms with van der Waals surface area (Å²) in [6.45, 7) is 5.02. The van der Waals surface area contributed by atoms with Gasteiger partial charge in [-0.3, -0.25) is 14.5 Å². The van der Waals surface area contributed by atoms with Crippen LogP contribution in [0, 0.1) is 0 Å². The molecule has 2 amide bonds. The molecule has 2 N–H and O–H groups in total. The minimum atomic E-state index is -0.133. The molecule has 6 nitrogen and oxygen atoms in total. The summed E-state index contributed by atoms with van der Waals surface area (Å²) in [6, 6.07) is 5.05. The van der Waals surface area contributed by atoms with Crippen molar-refractivity contribution in [2.75, 3.05) is 43.5 Å². The lowest BCUT2D eigenvalue weighted by Gasteiger charge is -2.25. The van der Waals surface area contributed by atoms with E-state index in [9.17, 15) is 9.59 Å². The van der Waals surface area contributed by atoms with Crippen LogP contribution in [-0.2, 0) is 14.3 Å². The summed E-state index contributed by atoms with van der Waals surface area (Å²) >= 11 is 6.12. The predicted octanol–water partition coefficient (Wildman–Crippen LogP) is 2.35. The Labute approximate surface area is 141 Å². The van der Waals surface area contributed by atoms with Crippen molar-refractivity contribution in [2.45, 2.75) is 19.8 Å². The molecule has 1 heterocycles. The summed E-state index contributed by atoms with van der Waals surface area (Å²) in [7, 11) is 0. The maximum atomic E-state index is 12.1. The highest BCUT2D eigenvalue weighted by Gasteiger charge is 2.15. The number of rotatable bonds is 6. The van der Waals surface area contributed by atoms with E-state index in [0.29, 0.717) is 42.6 Å². The van der Waals surface area contributed by atoms with Crippen molar-refractivity contribution in [3.63, 3.8) is 0 Å². The van der Waals surface area contributed by atoms with Crippen LogP contribution in [0.4, 0.5) is 11.4 Å². The van der Waals surface area contributed by atoms with Gasteiger partial charge in [-0.2, -0.15) is 0 Å². The van der Waals surface area contributed by atoms with E-state index in [0.717, 1.165) is 19.5 Å². The van der Waals surface area contributed by atoms with E-state index in [2.05, 4.69) is 10.6 Å². The molecule has 7 heteroatoms. The van der Waals surface area contributed by atoms with E-state index >= 15 is 0 Å². The first-order valence-corrected chi connectivity index (χ1v) is 8.15. The van der Waals surface area contributed by atoms with Gasteiger partial charge >= 0.3 is 0 Å². The highest BCUT2D eigenvalue weighted by atomic mass is 35.5. The number of morpholine rings is 1. The van der Waals surface area contributed by atoms with Crippen LogP contribution in [0.2, 0.25) is 5.02 Å². The lowest BCUT2D eigenvalue weighted by Crippen LogP contribution is -2.41. The maximum Gasteiger partial charge on any atom is 0.238 e. The van der Waals surface area contributed by atoms with Crippen molar-refractivity contribution in [3.05, 3.63) is 23.2 Å². The van der Waals surface area contributed by atoms with Crippen LogP contribution in [0.15, 0.2) is 18.2 Å². The van der Waals surface area contributed by atoms with Gasteiger partial charge in [-0.05, 0) is 24.6 Å². The molecule has 0 spiro atoms. The lowest BCUT2D eigenvalue weighted by molar-refractivity contribution is -0.118. The molecular weight excluding hydrogens is 318 g/mol. The van der Waals surface area contributed by atoms with E-state index in [-0.39, 0.29) is 11.8 Å². The summed E-state index contributed by atoms with van der Waals surface area (Å²) in [5, 5.41) is 6.03. The van der Waals surface area contributed by atoms with Gasteiger partial charge in [-0.25, -0.2) is 0 Å². The molecule has 1 aromatic carbocycles. The molecule has 0 saturated carbocycles. The highest BCUT2D eigenvalue weighted by Crippen LogP contribution is 2.25. The van der Waals surface area contributed by atoms with Crippen molar-refractivity contribution in [3.8, 4) is 0 Å². The quantitative estimate of drug-likeness (QED) is 0.834. The third-order valence-electron chi connectivity index (χ3n) is 3.47. The van der Waals surface area contributed by atoms with E-state index in [1.54, 1.807) is 18.2 Å². The van der Waals surface area contributed by atoms with Crippen LogP contribution in [0.1, 0.15) is 19.8 Å². The number of hydrogen-bond donors (Lipinski definition) is 2. The molecule has 1 aromatic rings. The van der Waals surface area contributed by atoms with Gasteiger partial charge in [0.05, 0.1) is 30.5 Å². The first kappa shape index (κ1) is 17.7. The normalized spacial score (nSPS) is 15.2. The molecule has 126 valence electrons. The minimum absolute atomic E-state index is 0.0552. The number of anilines is 2. The first-order valence-electron chi connectivity index (χ1n) is 7.78. The van der Waals surface area contributed by atoms with E-state index in [4.69, 9.17) is 16.3 Å². The molecule has 1 fully saturated rings. The second-order valence-corrected chi connectivity index (χ2v) is 5.84. The largest absolute Gasteiger partial charge is 0.379 e. The summed E-state index contributed by atoms with van der Waals surface area (Å²) in [5.41, 5.74) is 1.12. The van der Waals surface area contributed by atoms with Crippen molar-refractivity contribution in [2.24, 2.45) is 0 Å². The number of hydrogen-bond acceptors (Lipinski definition) is 4. The third kappa shape index (κ3) is 5.82. The zero-order valence-electron chi connectivity index (χ0n) is 13.2. The van der Waals surface area contributed by atoms with Crippen molar-refractivity contribution < 1.29 is 14.3 Å². The second kappa shape index (κ2) is 8.86. The average Bonchev–Trinajstić information content (AvgIpc) is 2.52. The Morgan fingerprint density at radius 1 is 1.22 bits per heavy atom. The number of amides is 2. The Morgan fingerprint density at radius 2 is 1.96 bits per heavy atom. The van der Waals surface area contributed by atoms with Gasteiger partial charge in [0.2, 0.25) is 11.8 Å². The topological polar surface area (TPSA) is 70.7 Å². The SMILES string of the molecule is CCCC(=O)Nc1ccc(Cl)c(NC(=O)CN2CCOCC2)c1. The number of nitrogens with zero attached hydrogens (tertiary/aromatic N) is 1. The first-order chi connectivity index (χ1) is 11.1. The van der Waals surface area contributed by atoms with E-state index < -0.39 is 0 Å². The molecule has 0 aromatic heterocycles. The Bertz CT molecular complexity index is 560. The number of nitrogens with one attached hydrogen (secondary N) is 2. The zero-order valence-corrected chi connectivity index (χ0v) is 14.0. The number of benzene rings is 1. The molecular formula is C16H22ClN3O3. The molecule has 0 bridgehead atoms. The lowest BCUT2D eigenvalue weighted by atomic mass is 10.2. The summed E-state index contributed by atoms with van der Waals surface area (Å²) in [6.07, 6.45) is 1.24. The average molecular weight is 340 g/mol. The summed E-state index contributed by atoms with van der Waals surface area (Å²) in [4.78, 5) is 25.8. The van der Waals surface area contributed by atoms with Gasteiger partial charge < -0.3 is 15.4 Å². The fraction of sp³-hybridized carbons (Fsp3) is 0.500. The third-order valence-corrected chi connectivity index (χ3v) is 3.80. The number of halogens is 1. The molecule has 0 unspecified atom stereocenters. The van der Waals surface area contributed by atoms with Gasteiger partial charge in [0.1, 0.15) is 0 Å². The van der Waals surface area contributed by atoms with Crippen molar-refractivity contribution in [1.82, 2.24) is 4.90 Å². The Kier molecular flexibility index (Phi) is 6.83. The van der Waals surface area contributed by atoms with Gasteiger partial charge in [0.15, 0.2) is 0 Å². The van der Waals surface area contributed by atoms with Gasteiger partial charge in [0.25, 0.3) is 0 Å². The summed E-state index contributed by atoms with van der Waals surface area (Å²) < 4.78 is 5.26. The monoisotopic (exact) mass is 339 g/mol. The molecule has 0 radical (unpaired) electrons. The zero-order chi connectivity index (χ0) is 16.7. The fourth-order valence-electron chi connectivity index (χ4n) is 2.30. The van der Waals surface area contributed by atoms with E-state index in [1.165, 1.54) is 0 Å². The fourth-order valence-corrected chi connectivity index (χ4v) is 2.47. The van der Waals surface area contributed by atoms with Crippen LogP contribution in [0.3, 0.4) is 0 Å². The Balaban J connectivity index is 1.95. The van der Waals surface area contributed by atoms with Crippen LogP contribution in [0.5, 0.6) is 0 Å². The molecule has 0 atom stereocenters. The van der Waals surface area contributed by atoms with Crippen LogP contribution >= 0.6 is 11.6 Å². The smallest absolute Gasteiger partial charge is 0.238 e. The number of carbonyl (C=O) groups excluding carboxylic acids is 2. The number of carbonyl (C=O) groups is 2. The highest BCUT2D eigenvalue weighted by molar-refractivity contribution is 6.33. The summed E-state index contributed by atoms with van der Waals surface area (Å²) in [5.74, 6) is -0.189. The Hall–Kier alpha value is -1.63. The molecule has 1 aliphatic heterocycles. The molecule has 2 rings (SSSR count). The van der Waals surface area contributed by atoms with Gasteiger partial charge in [-0.1, -0.05) is 18.5 Å². The number of ether oxygens (including phenoxy) is 1. The molecule has 1 saturated heterocycles. The molecule has 0 aliphatic carbocycles. The minimum Gasteiger partial charge on any atom is -0.379 e. The van der Waals surface area contributed by atoms with Crippen molar-refractivity contribution >= 4 is 34.8 Å². The van der Waals surface area contributed by atoms with Crippen LogP contribution < -0.4 is 10.6 Å². The molecule has 23 heavy (non-hydrogen) atoms. The van der Waals surface area contributed by atoms with Gasteiger partial charge in [0, 0.05) is 25.2 Å². The van der Waals surface area contributed by atoms with E-state index in [1.807, 2.05) is 11.8 Å². The van der Waals surface area contributed by atoms with Gasteiger partial charge in [-0.15, -0.1) is 0 Å².